The molecule has 120 valence electrons. The molecule has 4 heteroatoms. The maximum absolute atomic E-state index is 11.8. The lowest BCUT2D eigenvalue weighted by Gasteiger charge is -2.26. The van der Waals surface area contributed by atoms with Gasteiger partial charge >= 0.3 is 6.09 Å². The first-order valence-corrected chi connectivity index (χ1v) is 7.91. The summed E-state index contributed by atoms with van der Waals surface area (Å²) in [6.45, 7) is 12.8. The van der Waals surface area contributed by atoms with Crippen molar-refractivity contribution >= 4 is 6.09 Å². The Morgan fingerprint density at radius 2 is 1.90 bits per heavy atom. The van der Waals surface area contributed by atoms with Gasteiger partial charge in [-0.3, -0.25) is 0 Å². The van der Waals surface area contributed by atoms with Gasteiger partial charge < -0.3 is 15.0 Å². The summed E-state index contributed by atoms with van der Waals surface area (Å²) in [5, 5.41) is 3.46. The normalized spacial score (nSPS) is 13.1. The van der Waals surface area contributed by atoms with Gasteiger partial charge in [0.25, 0.3) is 0 Å². The van der Waals surface area contributed by atoms with Crippen LogP contribution in [-0.4, -0.2) is 43.3 Å². The minimum Gasteiger partial charge on any atom is -0.444 e. The maximum atomic E-state index is 11.8. The van der Waals surface area contributed by atoms with Crippen LogP contribution in [0.25, 0.3) is 0 Å². The van der Waals surface area contributed by atoms with Crippen molar-refractivity contribution in [2.24, 2.45) is 5.92 Å². The summed E-state index contributed by atoms with van der Waals surface area (Å²) in [7, 11) is 1.80. The Hall–Kier alpha value is -0.770. The molecule has 0 spiro atoms. The predicted octanol–water partition coefficient (Wildman–Crippen LogP) is 3.66. The summed E-state index contributed by atoms with van der Waals surface area (Å²) < 4.78 is 5.34. The highest BCUT2D eigenvalue weighted by atomic mass is 16.6. The van der Waals surface area contributed by atoms with E-state index in [9.17, 15) is 4.79 Å². The molecule has 0 aromatic carbocycles. The van der Waals surface area contributed by atoms with Crippen LogP contribution in [0.5, 0.6) is 0 Å². The number of hydrogen-bond acceptors (Lipinski definition) is 3. The molecule has 0 aliphatic carbocycles. The number of nitrogens with zero attached hydrogens (tertiary/aromatic N) is 1. The van der Waals surface area contributed by atoms with Gasteiger partial charge in [-0.15, -0.1) is 0 Å². The molecule has 1 N–H and O–H groups in total. The van der Waals surface area contributed by atoms with Crippen LogP contribution in [0.2, 0.25) is 0 Å². The van der Waals surface area contributed by atoms with Gasteiger partial charge in [-0.05, 0) is 46.2 Å². The Labute approximate surface area is 125 Å². The summed E-state index contributed by atoms with van der Waals surface area (Å²) in [6, 6.07) is 0. The smallest absolute Gasteiger partial charge is 0.410 e. The molecule has 0 aromatic rings. The number of carbonyl (C=O) groups excluding carboxylic acids is 1. The van der Waals surface area contributed by atoms with E-state index in [0.717, 1.165) is 19.6 Å². The van der Waals surface area contributed by atoms with Gasteiger partial charge in [-0.2, -0.15) is 0 Å². The van der Waals surface area contributed by atoms with Gasteiger partial charge in [0, 0.05) is 13.6 Å². The summed E-state index contributed by atoms with van der Waals surface area (Å²) >= 11 is 0. The molecule has 1 unspecified atom stereocenters. The molecule has 0 saturated heterocycles. The quantitative estimate of drug-likeness (QED) is 0.658. The fourth-order valence-electron chi connectivity index (χ4n) is 1.97. The van der Waals surface area contributed by atoms with E-state index in [4.69, 9.17) is 4.74 Å². The van der Waals surface area contributed by atoms with E-state index >= 15 is 0 Å². The summed E-state index contributed by atoms with van der Waals surface area (Å²) in [4.78, 5) is 13.5. The molecule has 0 rings (SSSR count). The van der Waals surface area contributed by atoms with Gasteiger partial charge in [-0.1, -0.05) is 33.1 Å². The highest BCUT2D eigenvalue weighted by molar-refractivity contribution is 5.67. The van der Waals surface area contributed by atoms with Crippen LogP contribution < -0.4 is 5.32 Å². The Morgan fingerprint density at radius 1 is 1.25 bits per heavy atom. The minimum absolute atomic E-state index is 0.243. The average Bonchev–Trinajstić information content (AvgIpc) is 2.31. The summed E-state index contributed by atoms with van der Waals surface area (Å²) in [6.07, 6.45) is 4.89. The van der Waals surface area contributed by atoms with Crippen molar-refractivity contribution in [3.63, 3.8) is 0 Å². The highest BCUT2D eigenvalue weighted by Crippen LogP contribution is 2.10. The largest absolute Gasteiger partial charge is 0.444 e. The zero-order valence-electron chi connectivity index (χ0n) is 14.3. The average molecular weight is 286 g/mol. The molecule has 0 fully saturated rings. The maximum Gasteiger partial charge on any atom is 0.410 e. The highest BCUT2D eigenvalue weighted by Gasteiger charge is 2.20. The van der Waals surface area contributed by atoms with E-state index in [1.807, 2.05) is 20.8 Å². The van der Waals surface area contributed by atoms with Crippen molar-refractivity contribution in [1.82, 2.24) is 10.2 Å². The molecule has 0 saturated carbocycles. The zero-order chi connectivity index (χ0) is 15.6. The Bertz CT molecular complexity index is 262. The van der Waals surface area contributed by atoms with Crippen molar-refractivity contribution in [3.05, 3.63) is 0 Å². The molecule has 0 aromatic heterocycles. The van der Waals surface area contributed by atoms with E-state index in [-0.39, 0.29) is 6.09 Å². The second-order valence-corrected chi connectivity index (χ2v) is 6.73. The number of ether oxygens (including phenoxy) is 1. The van der Waals surface area contributed by atoms with Crippen molar-refractivity contribution in [3.8, 4) is 0 Å². The first kappa shape index (κ1) is 19.2. The van der Waals surface area contributed by atoms with E-state index in [1.54, 1.807) is 11.9 Å². The lowest BCUT2D eigenvalue weighted by molar-refractivity contribution is 0.0277. The Balaban J connectivity index is 3.74. The zero-order valence-corrected chi connectivity index (χ0v) is 14.3. The Morgan fingerprint density at radius 3 is 2.45 bits per heavy atom. The third-order valence-electron chi connectivity index (χ3n) is 2.99. The molecule has 0 bridgehead atoms. The number of carbonyl (C=O) groups is 1. The molecule has 1 amide bonds. The molecular weight excluding hydrogens is 252 g/mol. The Kier molecular flexibility index (Phi) is 9.64. The van der Waals surface area contributed by atoms with Crippen molar-refractivity contribution < 1.29 is 9.53 Å². The van der Waals surface area contributed by atoms with Crippen LogP contribution in [0.4, 0.5) is 4.79 Å². The fourth-order valence-corrected chi connectivity index (χ4v) is 1.97. The van der Waals surface area contributed by atoms with Crippen molar-refractivity contribution in [1.29, 1.82) is 0 Å². The van der Waals surface area contributed by atoms with Crippen LogP contribution in [0, 0.1) is 5.92 Å². The van der Waals surface area contributed by atoms with Crippen LogP contribution in [0.3, 0.4) is 0 Å². The number of amides is 1. The van der Waals surface area contributed by atoms with E-state index in [2.05, 4.69) is 19.2 Å². The van der Waals surface area contributed by atoms with Gasteiger partial charge in [0.15, 0.2) is 0 Å². The number of rotatable bonds is 9. The third-order valence-corrected chi connectivity index (χ3v) is 2.99. The van der Waals surface area contributed by atoms with Crippen LogP contribution >= 0.6 is 0 Å². The van der Waals surface area contributed by atoms with E-state index < -0.39 is 5.60 Å². The van der Waals surface area contributed by atoms with Gasteiger partial charge in [-0.25, -0.2) is 4.79 Å². The first-order valence-electron chi connectivity index (χ1n) is 7.91. The molecule has 0 aliphatic heterocycles. The molecule has 4 nitrogen and oxygen atoms in total. The molecule has 1 atom stereocenters. The number of hydrogen-bond donors (Lipinski definition) is 1. The topological polar surface area (TPSA) is 41.6 Å². The van der Waals surface area contributed by atoms with Gasteiger partial charge in [0.05, 0.1) is 0 Å². The first-order chi connectivity index (χ1) is 9.26. The standard InChI is InChI=1S/C16H34N2O2/c1-7-8-9-10-11-17-12-14(2)13-18(6)15(19)20-16(3,4)5/h14,17H,7-13H2,1-6H3. The van der Waals surface area contributed by atoms with Crippen LogP contribution in [0.1, 0.15) is 60.3 Å². The molecule has 0 aliphatic rings. The molecular formula is C16H34N2O2. The van der Waals surface area contributed by atoms with Crippen LogP contribution in [0.15, 0.2) is 0 Å². The molecule has 0 heterocycles. The minimum atomic E-state index is -0.424. The lowest BCUT2D eigenvalue weighted by atomic mass is 10.1. The SMILES string of the molecule is CCCCCCNCC(C)CN(C)C(=O)OC(C)(C)C. The summed E-state index contributed by atoms with van der Waals surface area (Å²) in [5.74, 6) is 0.429. The van der Waals surface area contributed by atoms with Gasteiger partial charge in [0.1, 0.15) is 5.60 Å². The van der Waals surface area contributed by atoms with E-state index in [1.165, 1.54) is 25.7 Å². The summed E-state index contributed by atoms with van der Waals surface area (Å²) in [5.41, 5.74) is -0.424. The molecule has 0 radical (unpaired) electrons. The third kappa shape index (κ3) is 11.1. The fraction of sp³-hybridized carbons (Fsp3) is 0.938. The molecule has 20 heavy (non-hydrogen) atoms. The second kappa shape index (κ2) is 10.0. The van der Waals surface area contributed by atoms with Crippen molar-refractivity contribution in [2.75, 3.05) is 26.7 Å². The van der Waals surface area contributed by atoms with Crippen LogP contribution in [-0.2, 0) is 4.74 Å². The monoisotopic (exact) mass is 286 g/mol. The van der Waals surface area contributed by atoms with Crippen molar-refractivity contribution in [2.45, 2.75) is 65.9 Å². The number of nitrogens with one attached hydrogen (secondary N) is 1. The predicted molar refractivity (Wildman–Crippen MR) is 85.0 cm³/mol. The van der Waals surface area contributed by atoms with Gasteiger partial charge in [0.2, 0.25) is 0 Å². The lowest BCUT2D eigenvalue weighted by Crippen LogP contribution is -2.38. The second-order valence-electron chi connectivity index (χ2n) is 6.73. The van der Waals surface area contributed by atoms with E-state index in [0.29, 0.717) is 5.92 Å². The number of unbranched alkanes of at least 4 members (excludes halogenated alkanes) is 3.